The van der Waals surface area contributed by atoms with Gasteiger partial charge in [-0.05, 0) is 79.2 Å². The minimum atomic E-state index is -0.0590. The molecule has 0 bridgehead atoms. The average molecular weight is 1400 g/mol. The van der Waals surface area contributed by atoms with Crippen LogP contribution in [0, 0.1) is 0 Å². The third-order valence-electron chi connectivity index (χ3n) is 14.9. The molecule has 5 N–H and O–H groups in total. The SMILES string of the molecule is CCC1OCCO1.Clc1cccc(N2CCN(CC3OCCO3)CC2)c1Cl.Clc1cccc(N2CCNCC2)c1Cl.Nc1ncccc1O.O=CCN1CCN(c2cccc(Cl)c2Cl)CC1.Oc1cccnc1N=CCN1CCN(c2cccc(Cl)c2Cl)CC1. The number of carbonyl (C=O) groups is 1. The fourth-order valence-corrected chi connectivity index (χ4v) is 11.6. The quantitative estimate of drug-likeness (QED) is 0.0667. The van der Waals surface area contributed by atoms with Gasteiger partial charge in [0.15, 0.2) is 35.7 Å². The van der Waals surface area contributed by atoms with Crippen molar-refractivity contribution in [1.82, 2.24) is 30.0 Å². The molecule has 0 unspecified atom stereocenters. The molecule has 8 heterocycles. The number of piperazine rings is 4. The highest BCUT2D eigenvalue weighted by Gasteiger charge is 2.26. The number of pyridine rings is 2. The number of anilines is 5. The molecule has 6 aliphatic heterocycles. The summed E-state index contributed by atoms with van der Waals surface area (Å²) in [5, 5.41) is 26.6. The monoisotopic (exact) mass is 1390 g/mol. The molecule has 19 nitrogen and oxygen atoms in total. The third kappa shape index (κ3) is 23.0. The first kappa shape index (κ1) is 72.5. The lowest BCUT2D eigenvalue weighted by atomic mass is 10.2. The summed E-state index contributed by atoms with van der Waals surface area (Å²) in [7, 11) is 0. The molecule has 0 radical (unpaired) electrons. The number of aldehydes is 1. The van der Waals surface area contributed by atoms with Gasteiger partial charge in [0.05, 0.1) is 95.9 Å². The molecule has 0 aliphatic carbocycles. The van der Waals surface area contributed by atoms with Crippen LogP contribution in [0.5, 0.6) is 11.5 Å². The molecular weight excluding hydrogens is 1320 g/mol. The number of nitrogens with zero attached hydrogens (tertiary/aromatic N) is 10. The van der Waals surface area contributed by atoms with E-state index < -0.39 is 0 Å². The smallest absolute Gasteiger partial charge is 0.194 e. The summed E-state index contributed by atoms with van der Waals surface area (Å²) in [5.41, 5.74) is 9.18. The number of benzene rings is 4. The zero-order valence-corrected chi connectivity index (χ0v) is 56.2. The molecule has 6 aromatic rings. The summed E-state index contributed by atoms with van der Waals surface area (Å²) in [4.78, 5) is 38.1. The summed E-state index contributed by atoms with van der Waals surface area (Å²) < 4.78 is 21.1. The topological polar surface area (TPSA) is 193 Å². The van der Waals surface area contributed by atoms with E-state index in [0.717, 1.165) is 160 Å². The molecule has 90 heavy (non-hydrogen) atoms. The van der Waals surface area contributed by atoms with E-state index in [4.69, 9.17) is 123 Å². The van der Waals surface area contributed by atoms with E-state index in [1.807, 2.05) is 60.7 Å². The molecule has 0 atom stereocenters. The Bertz CT molecular complexity index is 3120. The Balaban J connectivity index is 0.000000160. The number of carbonyl (C=O) groups excluding carboxylic acids is 1. The molecule has 27 heteroatoms. The Labute approximate surface area is 567 Å². The minimum Gasteiger partial charge on any atom is -0.504 e. The van der Waals surface area contributed by atoms with Gasteiger partial charge < -0.3 is 64.6 Å². The van der Waals surface area contributed by atoms with Crippen LogP contribution in [-0.2, 0) is 23.7 Å². The van der Waals surface area contributed by atoms with Crippen LogP contribution in [-0.4, -0.2) is 211 Å². The first-order valence-electron chi connectivity index (χ1n) is 29.7. The third-order valence-corrected chi connectivity index (χ3v) is 18.1. The maximum atomic E-state index is 10.4. The number of nitrogen functional groups attached to an aromatic ring is 1. The highest BCUT2D eigenvalue weighted by molar-refractivity contribution is 6.45. The summed E-state index contributed by atoms with van der Waals surface area (Å²) in [5.74, 6) is 0.649. The molecular formula is C63H78Cl8N12O7. The Kier molecular flexibility index (Phi) is 31.4. The van der Waals surface area contributed by atoms with Gasteiger partial charge in [-0.25, -0.2) is 15.0 Å². The number of ether oxygens (including phenoxy) is 4. The predicted molar refractivity (Wildman–Crippen MR) is 369 cm³/mol. The Morgan fingerprint density at radius 1 is 0.500 bits per heavy atom. The highest BCUT2D eigenvalue weighted by atomic mass is 35.5. The molecule has 4 aromatic carbocycles. The van der Waals surface area contributed by atoms with Crippen molar-refractivity contribution in [2.45, 2.75) is 25.9 Å². The highest BCUT2D eigenvalue weighted by Crippen LogP contribution is 2.36. The lowest BCUT2D eigenvalue weighted by Gasteiger charge is -2.37. The van der Waals surface area contributed by atoms with Gasteiger partial charge in [-0.1, -0.05) is 124 Å². The fraction of sp³-hybridized carbons (Fsp3) is 0.429. The largest absolute Gasteiger partial charge is 0.504 e. The van der Waals surface area contributed by atoms with Crippen molar-refractivity contribution in [1.29, 1.82) is 0 Å². The van der Waals surface area contributed by atoms with Crippen LogP contribution in [0.15, 0.2) is 114 Å². The van der Waals surface area contributed by atoms with Crippen LogP contribution in [0.4, 0.5) is 34.4 Å². The van der Waals surface area contributed by atoms with Gasteiger partial charge in [-0.3, -0.25) is 14.7 Å². The second-order valence-corrected chi connectivity index (χ2v) is 24.0. The van der Waals surface area contributed by atoms with Gasteiger partial charge >= 0.3 is 0 Å². The van der Waals surface area contributed by atoms with E-state index in [-0.39, 0.29) is 29.9 Å². The summed E-state index contributed by atoms with van der Waals surface area (Å²) in [6, 6.07) is 29.3. The molecule has 2 aromatic heterocycles. The Morgan fingerprint density at radius 3 is 1.24 bits per heavy atom. The lowest BCUT2D eigenvalue weighted by Crippen LogP contribution is -2.48. The number of hydrogen-bond donors (Lipinski definition) is 4. The van der Waals surface area contributed by atoms with Crippen LogP contribution in [0.1, 0.15) is 13.3 Å². The van der Waals surface area contributed by atoms with Crippen molar-refractivity contribution < 1.29 is 34.0 Å². The van der Waals surface area contributed by atoms with Crippen LogP contribution < -0.4 is 30.7 Å². The van der Waals surface area contributed by atoms with Gasteiger partial charge in [0, 0.05) is 136 Å². The standard InChI is InChI=1S/C17H18Cl2N4O.C14H18Cl2N2O2.C12H14Cl2N2O.C10H12Cl2N2.C5H6N2O.C5H10O2/c18-13-3-1-4-14(16(13)19)23-11-9-22(10-12-23)8-7-21-17-15(24)5-2-6-20-17;15-11-2-1-3-12(14(11)16)18-6-4-17(5-7-18)10-13-19-8-9-20-13;13-10-2-1-3-11(12(10)14)16-6-4-15(5-7-16)8-9-17;11-8-2-1-3-9(10(8)12)14-6-4-13-5-7-14;6-5-4(8)2-1-3-7-5;1-2-5-6-3-4-7-5/h1-7,24H,8-12H2;1-3,13H,4-10H2;1-3,9H,4-8H2;1-3,13H,4-7H2;1-3,8H,(H2,6,7);5H,2-4H2,1H3. The Morgan fingerprint density at radius 2 is 0.878 bits per heavy atom. The van der Waals surface area contributed by atoms with Crippen molar-refractivity contribution in [2.75, 3.05) is 176 Å². The van der Waals surface area contributed by atoms with Crippen LogP contribution in [0.2, 0.25) is 40.2 Å². The summed E-state index contributed by atoms with van der Waals surface area (Å²) in [6.45, 7) is 22.0. The number of nitrogens with one attached hydrogen (secondary N) is 1. The second-order valence-electron chi connectivity index (χ2n) is 20.9. The van der Waals surface area contributed by atoms with Crippen molar-refractivity contribution in [2.24, 2.45) is 4.99 Å². The van der Waals surface area contributed by atoms with Crippen molar-refractivity contribution in [3.63, 3.8) is 0 Å². The number of hydrogen-bond acceptors (Lipinski definition) is 19. The number of halogens is 8. The van der Waals surface area contributed by atoms with E-state index in [9.17, 15) is 9.90 Å². The van der Waals surface area contributed by atoms with Gasteiger partial charge in [-0.15, -0.1) is 0 Å². The first-order chi connectivity index (χ1) is 43.6. The number of aromatic hydroxyl groups is 2. The molecule has 12 rings (SSSR count). The lowest BCUT2D eigenvalue weighted by molar-refractivity contribution is -0.108. The number of nitrogens with two attached hydrogens (primary N) is 1. The summed E-state index contributed by atoms with van der Waals surface area (Å²) >= 11 is 49.0. The number of aromatic nitrogens is 2. The fourth-order valence-electron chi connectivity index (χ4n) is 9.98. The van der Waals surface area contributed by atoms with Crippen molar-refractivity contribution in [3.8, 4) is 11.5 Å². The van der Waals surface area contributed by atoms with E-state index in [2.05, 4.69) is 61.5 Å². The predicted octanol–water partition coefficient (Wildman–Crippen LogP) is 12.0. The molecule has 488 valence electrons. The molecule has 0 saturated carbocycles. The number of aliphatic imine (C=N–C) groups is 1. The van der Waals surface area contributed by atoms with Crippen molar-refractivity contribution in [3.05, 3.63) is 150 Å². The maximum Gasteiger partial charge on any atom is 0.194 e. The molecule has 0 spiro atoms. The van der Waals surface area contributed by atoms with E-state index in [1.54, 1.807) is 42.7 Å². The van der Waals surface area contributed by atoms with Crippen molar-refractivity contribution >= 4 is 140 Å². The molecule has 6 fully saturated rings. The van der Waals surface area contributed by atoms with Gasteiger partial charge in [0.1, 0.15) is 6.29 Å². The average Bonchev–Trinajstić information content (AvgIpc) is 1.53. The molecule has 6 saturated heterocycles. The summed E-state index contributed by atoms with van der Waals surface area (Å²) in [6.07, 6.45) is 6.87. The zero-order chi connectivity index (χ0) is 64.2. The van der Waals surface area contributed by atoms with Crippen LogP contribution >= 0.6 is 92.8 Å². The Hall–Kier alpha value is -4.88. The minimum absolute atomic E-state index is 0.0347. The van der Waals surface area contributed by atoms with Crippen LogP contribution in [0.25, 0.3) is 0 Å². The van der Waals surface area contributed by atoms with Gasteiger partial charge in [0.25, 0.3) is 0 Å². The molecule has 0 amide bonds. The van der Waals surface area contributed by atoms with E-state index in [1.165, 1.54) is 12.3 Å². The van der Waals surface area contributed by atoms with Gasteiger partial charge in [0.2, 0.25) is 0 Å². The van der Waals surface area contributed by atoms with Crippen LogP contribution in [0.3, 0.4) is 0 Å². The molecule has 6 aliphatic rings. The number of rotatable bonds is 12. The maximum absolute atomic E-state index is 10.4. The van der Waals surface area contributed by atoms with E-state index in [0.29, 0.717) is 72.3 Å². The second kappa shape index (κ2) is 39.0. The first-order valence-corrected chi connectivity index (χ1v) is 32.8. The zero-order valence-electron chi connectivity index (χ0n) is 50.2. The van der Waals surface area contributed by atoms with E-state index >= 15 is 0 Å². The normalized spacial score (nSPS) is 17.6. The van der Waals surface area contributed by atoms with Gasteiger partial charge in [-0.2, -0.15) is 0 Å².